The third kappa shape index (κ3) is 4.24. The van der Waals surface area contributed by atoms with Crippen molar-refractivity contribution in [2.24, 2.45) is 5.92 Å². The van der Waals surface area contributed by atoms with Gasteiger partial charge in [0, 0.05) is 16.1 Å². The second-order valence-corrected chi connectivity index (χ2v) is 6.96. The maximum absolute atomic E-state index is 11.0. The minimum absolute atomic E-state index is 0.166. The Hall–Kier alpha value is -1.59. The van der Waals surface area contributed by atoms with Crippen LogP contribution in [0.5, 0.6) is 0 Å². The van der Waals surface area contributed by atoms with Crippen LogP contribution in [-0.4, -0.2) is 17.1 Å². The fourth-order valence-corrected chi connectivity index (χ4v) is 3.30. The van der Waals surface area contributed by atoms with Crippen molar-refractivity contribution in [2.45, 2.75) is 38.3 Å². The standard InChI is InChI=1S/C18H20BrNO3/c19-14-5-1-12(2-6-14)17-10-9-16(23-17)11-20-15-7-3-13(4-8-15)18(21)22/h1-2,5-6,9-10,13,15,20H,3-4,7-8,11H2,(H,21,22). The van der Waals surface area contributed by atoms with Gasteiger partial charge in [0.05, 0.1) is 12.5 Å². The monoisotopic (exact) mass is 377 g/mol. The minimum atomic E-state index is -0.659. The van der Waals surface area contributed by atoms with Gasteiger partial charge >= 0.3 is 5.97 Å². The largest absolute Gasteiger partial charge is 0.481 e. The molecule has 5 heteroatoms. The zero-order valence-corrected chi connectivity index (χ0v) is 14.4. The molecule has 1 heterocycles. The summed E-state index contributed by atoms with van der Waals surface area (Å²) in [5, 5.41) is 12.5. The Balaban J connectivity index is 1.52. The van der Waals surface area contributed by atoms with Gasteiger partial charge in [-0.15, -0.1) is 0 Å². The van der Waals surface area contributed by atoms with Gasteiger partial charge in [0.15, 0.2) is 0 Å². The molecule has 3 rings (SSSR count). The molecule has 0 saturated heterocycles. The topological polar surface area (TPSA) is 62.5 Å². The van der Waals surface area contributed by atoms with Crippen LogP contribution in [0.15, 0.2) is 45.3 Å². The van der Waals surface area contributed by atoms with Crippen LogP contribution in [0.2, 0.25) is 0 Å². The molecule has 1 fully saturated rings. The van der Waals surface area contributed by atoms with Crippen molar-refractivity contribution in [3.8, 4) is 11.3 Å². The molecule has 4 nitrogen and oxygen atoms in total. The fourth-order valence-electron chi connectivity index (χ4n) is 3.03. The van der Waals surface area contributed by atoms with Gasteiger partial charge in [0.2, 0.25) is 0 Å². The quantitative estimate of drug-likeness (QED) is 0.808. The van der Waals surface area contributed by atoms with Crippen LogP contribution in [0, 0.1) is 5.92 Å². The summed E-state index contributed by atoms with van der Waals surface area (Å²) in [4.78, 5) is 11.0. The van der Waals surface area contributed by atoms with Gasteiger partial charge in [-0.25, -0.2) is 0 Å². The van der Waals surface area contributed by atoms with Crippen LogP contribution in [0.4, 0.5) is 0 Å². The fraction of sp³-hybridized carbons (Fsp3) is 0.389. The van der Waals surface area contributed by atoms with Gasteiger partial charge in [-0.3, -0.25) is 4.79 Å². The molecular formula is C18H20BrNO3. The van der Waals surface area contributed by atoms with Crippen molar-refractivity contribution in [1.82, 2.24) is 5.32 Å². The molecule has 23 heavy (non-hydrogen) atoms. The van der Waals surface area contributed by atoms with Gasteiger partial charge in [0.1, 0.15) is 11.5 Å². The van der Waals surface area contributed by atoms with Crippen molar-refractivity contribution in [3.63, 3.8) is 0 Å². The second kappa shape index (κ2) is 7.32. The number of halogens is 1. The normalized spacial score (nSPS) is 21.3. The molecule has 2 N–H and O–H groups in total. The smallest absolute Gasteiger partial charge is 0.306 e. The summed E-state index contributed by atoms with van der Waals surface area (Å²) in [7, 11) is 0. The van der Waals surface area contributed by atoms with Crippen molar-refractivity contribution in [1.29, 1.82) is 0 Å². The molecule has 1 saturated carbocycles. The van der Waals surface area contributed by atoms with Gasteiger partial charge in [-0.05, 0) is 49.9 Å². The highest BCUT2D eigenvalue weighted by atomic mass is 79.9. The number of aliphatic carboxylic acids is 1. The molecule has 0 unspecified atom stereocenters. The van der Waals surface area contributed by atoms with Gasteiger partial charge in [-0.2, -0.15) is 0 Å². The number of carboxylic acids is 1. The molecular weight excluding hydrogens is 358 g/mol. The highest BCUT2D eigenvalue weighted by molar-refractivity contribution is 9.10. The van der Waals surface area contributed by atoms with E-state index in [0.29, 0.717) is 12.6 Å². The Bertz CT molecular complexity index is 657. The first-order chi connectivity index (χ1) is 11.1. The molecule has 0 aliphatic heterocycles. The number of carbonyl (C=O) groups is 1. The van der Waals surface area contributed by atoms with E-state index in [1.165, 1.54) is 0 Å². The summed E-state index contributed by atoms with van der Waals surface area (Å²) < 4.78 is 6.94. The zero-order chi connectivity index (χ0) is 16.2. The van der Waals surface area contributed by atoms with Gasteiger partial charge < -0.3 is 14.8 Å². The third-order valence-electron chi connectivity index (χ3n) is 4.43. The number of nitrogens with one attached hydrogen (secondary N) is 1. The summed E-state index contributed by atoms with van der Waals surface area (Å²) in [6.07, 6.45) is 3.35. The lowest BCUT2D eigenvalue weighted by Gasteiger charge is -2.26. The molecule has 0 radical (unpaired) electrons. The lowest BCUT2D eigenvalue weighted by Crippen LogP contribution is -2.34. The first kappa shape index (κ1) is 16.3. The zero-order valence-electron chi connectivity index (χ0n) is 12.8. The molecule has 1 aliphatic rings. The van der Waals surface area contributed by atoms with E-state index >= 15 is 0 Å². The highest BCUT2D eigenvalue weighted by Crippen LogP contribution is 2.26. The van der Waals surface area contributed by atoms with Crippen LogP contribution in [-0.2, 0) is 11.3 Å². The van der Waals surface area contributed by atoms with Gasteiger partial charge in [-0.1, -0.05) is 28.1 Å². The van der Waals surface area contributed by atoms with E-state index in [1.54, 1.807) is 0 Å². The van der Waals surface area contributed by atoms with E-state index in [9.17, 15) is 4.79 Å². The van der Waals surface area contributed by atoms with E-state index in [4.69, 9.17) is 9.52 Å². The van der Waals surface area contributed by atoms with E-state index in [0.717, 1.165) is 47.2 Å². The van der Waals surface area contributed by atoms with Crippen molar-refractivity contribution in [2.75, 3.05) is 0 Å². The summed E-state index contributed by atoms with van der Waals surface area (Å²) in [6.45, 7) is 0.679. The predicted octanol–water partition coefficient (Wildman–Crippen LogP) is 4.44. The predicted molar refractivity (Wildman–Crippen MR) is 92.1 cm³/mol. The Morgan fingerprint density at radius 2 is 1.83 bits per heavy atom. The average Bonchev–Trinajstić information content (AvgIpc) is 3.03. The van der Waals surface area contributed by atoms with Crippen LogP contribution in [0.25, 0.3) is 11.3 Å². The molecule has 1 aromatic carbocycles. The Kier molecular flexibility index (Phi) is 5.18. The van der Waals surface area contributed by atoms with Gasteiger partial charge in [0.25, 0.3) is 0 Å². The minimum Gasteiger partial charge on any atom is -0.481 e. The second-order valence-electron chi connectivity index (χ2n) is 6.04. The van der Waals surface area contributed by atoms with Crippen molar-refractivity contribution in [3.05, 3.63) is 46.6 Å². The van der Waals surface area contributed by atoms with Crippen molar-refractivity contribution < 1.29 is 14.3 Å². The van der Waals surface area contributed by atoms with Crippen LogP contribution < -0.4 is 5.32 Å². The lowest BCUT2D eigenvalue weighted by atomic mass is 9.86. The molecule has 0 atom stereocenters. The summed E-state index contributed by atoms with van der Waals surface area (Å²) in [5.41, 5.74) is 1.06. The number of hydrogen-bond acceptors (Lipinski definition) is 3. The molecule has 0 amide bonds. The molecule has 1 aromatic heterocycles. The molecule has 2 aromatic rings. The van der Waals surface area contributed by atoms with Crippen LogP contribution in [0.3, 0.4) is 0 Å². The van der Waals surface area contributed by atoms with E-state index in [-0.39, 0.29) is 5.92 Å². The number of hydrogen-bond donors (Lipinski definition) is 2. The first-order valence-corrected chi connectivity index (χ1v) is 8.72. The molecule has 1 aliphatic carbocycles. The Morgan fingerprint density at radius 3 is 2.48 bits per heavy atom. The van der Waals surface area contributed by atoms with Crippen LogP contribution >= 0.6 is 15.9 Å². The van der Waals surface area contributed by atoms with Crippen molar-refractivity contribution >= 4 is 21.9 Å². The first-order valence-electron chi connectivity index (χ1n) is 7.92. The van der Waals surface area contributed by atoms with E-state index in [1.807, 2.05) is 36.4 Å². The van der Waals surface area contributed by atoms with E-state index < -0.39 is 5.97 Å². The summed E-state index contributed by atoms with van der Waals surface area (Å²) in [5.74, 6) is 0.946. The Labute approximate surface area is 144 Å². The molecule has 0 bridgehead atoms. The lowest BCUT2D eigenvalue weighted by molar-refractivity contribution is -0.142. The molecule has 122 valence electrons. The number of carboxylic acid groups (broad SMARTS) is 1. The number of furan rings is 1. The molecule has 0 spiro atoms. The SMILES string of the molecule is O=C(O)C1CCC(NCc2ccc(-c3ccc(Br)cc3)o2)CC1. The number of benzene rings is 1. The average molecular weight is 378 g/mol. The Morgan fingerprint density at radius 1 is 1.13 bits per heavy atom. The summed E-state index contributed by atoms with van der Waals surface area (Å²) >= 11 is 3.43. The summed E-state index contributed by atoms with van der Waals surface area (Å²) in [6, 6.07) is 12.4. The van der Waals surface area contributed by atoms with E-state index in [2.05, 4.69) is 21.2 Å². The third-order valence-corrected chi connectivity index (χ3v) is 4.96. The maximum Gasteiger partial charge on any atom is 0.306 e. The van der Waals surface area contributed by atoms with Crippen LogP contribution in [0.1, 0.15) is 31.4 Å². The number of rotatable bonds is 5. The maximum atomic E-state index is 11.0. The highest BCUT2D eigenvalue weighted by Gasteiger charge is 2.25.